The molecule has 0 fully saturated rings. The molecule has 1 atom stereocenters. The molecule has 0 aromatic heterocycles. The molecule has 0 bridgehead atoms. The van der Waals surface area contributed by atoms with Crippen LogP contribution in [0.2, 0.25) is 0 Å². The molecule has 0 aliphatic heterocycles. The maximum Gasteiger partial charge on any atom is 0.319 e. The van der Waals surface area contributed by atoms with Crippen LogP contribution in [0.3, 0.4) is 0 Å². The number of carbonyl (C=O) groups is 2. The number of methoxy groups -OCH3 is 1. The van der Waals surface area contributed by atoms with E-state index in [2.05, 4.69) is 20.7 Å². The smallest absolute Gasteiger partial charge is 0.319 e. The predicted molar refractivity (Wildman–Crippen MR) is 62.3 cm³/mol. The van der Waals surface area contributed by atoms with E-state index in [-0.39, 0.29) is 12.0 Å². The zero-order valence-electron chi connectivity index (χ0n) is 9.34. The first kappa shape index (κ1) is 12.2. The van der Waals surface area contributed by atoms with Crippen LogP contribution < -0.4 is 0 Å². The highest BCUT2D eigenvalue weighted by Crippen LogP contribution is 2.40. The van der Waals surface area contributed by atoms with Gasteiger partial charge in [0.25, 0.3) is 0 Å². The third-order valence-electron chi connectivity index (χ3n) is 3.04. The minimum Gasteiger partial charge on any atom is -0.468 e. The molecule has 1 aromatic carbocycles. The molecule has 1 aliphatic rings. The molecule has 1 aromatic rings. The van der Waals surface area contributed by atoms with E-state index >= 15 is 0 Å². The number of rotatable bonds is 1. The number of hydrogen-bond acceptors (Lipinski definition) is 3. The summed E-state index contributed by atoms with van der Waals surface area (Å²) in [5, 5.41) is 0. The van der Waals surface area contributed by atoms with Gasteiger partial charge in [-0.25, -0.2) is 4.39 Å². The van der Waals surface area contributed by atoms with Gasteiger partial charge in [-0.15, -0.1) is 0 Å². The average molecular weight is 301 g/mol. The molecule has 0 saturated carbocycles. The van der Waals surface area contributed by atoms with E-state index in [0.717, 1.165) is 0 Å². The number of Topliss-reactive ketones (excluding diaryl/α,β-unsaturated/α-hetero) is 1. The van der Waals surface area contributed by atoms with E-state index in [1.54, 1.807) is 6.07 Å². The Morgan fingerprint density at radius 1 is 1.53 bits per heavy atom. The van der Waals surface area contributed by atoms with E-state index in [9.17, 15) is 14.0 Å². The summed E-state index contributed by atoms with van der Waals surface area (Å²) in [6, 6.07) is 2.88. The number of ether oxygens (including phenoxy) is 1. The van der Waals surface area contributed by atoms with Crippen LogP contribution >= 0.6 is 15.9 Å². The van der Waals surface area contributed by atoms with Crippen molar-refractivity contribution in [3.8, 4) is 0 Å². The van der Waals surface area contributed by atoms with Crippen LogP contribution in [0.15, 0.2) is 16.6 Å². The second-order valence-corrected chi connectivity index (χ2v) is 5.17. The van der Waals surface area contributed by atoms with Crippen molar-refractivity contribution in [2.45, 2.75) is 13.3 Å². The van der Waals surface area contributed by atoms with Crippen molar-refractivity contribution >= 4 is 27.7 Å². The maximum atomic E-state index is 13.7. The van der Waals surface area contributed by atoms with E-state index in [0.29, 0.717) is 10.0 Å². The molecule has 0 radical (unpaired) electrons. The van der Waals surface area contributed by atoms with Gasteiger partial charge < -0.3 is 4.74 Å². The molecule has 17 heavy (non-hydrogen) atoms. The van der Waals surface area contributed by atoms with Crippen LogP contribution in [-0.4, -0.2) is 18.9 Å². The third kappa shape index (κ3) is 1.69. The first-order valence-corrected chi connectivity index (χ1v) is 5.80. The van der Waals surface area contributed by atoms with Gasteiger partial charge in [-0.3, -0.25) is 9.59 Å². The molecule has 90 valence electrons. The second kappa shape index (κ2) is 3.91. The zero-order chi connectivity index (χ0) is 12.8. The lowest BCUT2D eigenvalue weighted by Gasteiger charge is -2.17. The molecule has 2 rings (SSSR count). The second-order valence-electron chi connectivity index (χ2n) is 4.25. The zero-order valence-corrected chi connectivity index (χ0v) is 10.9. The average Bonchev–Trinajstić information content (AvgIpc) is 2.51. The lowest BCUT2D eigenvalue weighted by molar-refractivity contribution is -0.148. The van der Waals surface area contributed by atoms with Gasteiger partial charge in [0.15, 0.2) is 5.78 Å². The monoisotopic (exact) mass is 300 g/mol. The Morgan fingerprint density at radius 3 is 2.76 bits per heavy atom. The Kier molecular flexibility index (Phi) is 2.81. The summed E-state index contributed by atoms with van der Waals surface area (Å²) in [6.07, 6.45) is 0.171. The first-order valence-electron chi connectivity index (χ1n) is 5.01. The van der Waals surface area contributed by atoms with Gasteiger partial charge in [0.1, 0.15) is 11.2 Å². The van der Waals surface area contributed by atoms with Crippen LogP contribution in [0, 0.1) is 11.2 Å². The van der Waals surface area contributed by atoms with Crippen molar-refractivity contribution in [1.82, 2.24) is 0 Å². The Hall–Kier alpha value is -1.23. The highest BCUT2D eigenvalue weighted by molar-refractivity contribution is 9.10. The summed E-state index contributed by atoms with van der Waals surface area (Å²) in [5.41, 5.74) is -0.769. The predicted octanol–water partition coefficient (Wildman–Crippen LogP) is 2.51. The quantitative estimate of drug-likeness (QED) is 0.591. The normalized spacial score (nSPS) is 22.5. The van der Waals surface area contributed by atoms with E-state index in [4.69, 9.17) is 0 Å². The van der Waals surface area contributed by atoms with Gasteiger partial charge in [-0.2, -0.15) is 0 Å². The van der Waals surface area contributed by atoms with Crippen LogP contribution in [0.25, 0.3) is 0 Å². The molecule has 0 N–H and O–H groups in total. The SMILES string of the molecule is COC(=O)C1(C)Cc2cc(Br)cc(F)c2C1=O. The summed E-state index contributed by atoms with van der Waals surface area (Å²) in [5.74, 6) is -1.74. The van der Waals surface area contributed by atoms with Crippen molar-refractivity contribution in [3.63, 3.8) is 0 Å². The largest absolute Gasteiger partial charge is 0.468 e. The molecular formula is C12H10BrFO3. The van der Waals surface area contributed by atoms with Gasteiger partial charge in [-0.1, -0.05) is 15.9 Å². The van der Waals surface area contributed by atoms with Crippen LogP contribution in [-0.2, 0) is 16.0 Å². The lowest BCUT2D eigenvalue weighted by atomic mass is 9.86. The van der Waals surface area contributed by atoms with E-state index < -0.39 is 23.0 Å². The summed E-state index contributed by atoms with van der Waals surface area (Å²) >= 11 is 3.16. The molecule has 0 amide bonds. The molecular weight excluding hydrogens is 291 g/mol. The summed E-state index contributed by atoms with van der Waals surface area (Å²) in [4.78, 5) is 23.7. The maximum absolute atomic E-state index is 13.7. The van der Waals surface area contributed by atoms with Crippen LogP contribution in [0.1, 0.15) is 22.8 Å². The Labute approximate surface area is 106 Å². The molecule has 0 saturated heterocycles. The number of halogens is 2. The van der Waals surface area contributed by atoms with Crippen LogP contribution in [0.5, 0.6) is 0 Å². The number of carbonyl (C=O) groups excluding carboxylic acids is 2. The lowest BCUT2D eigenvalue weighted by Crippen LogP contribution is -2.35. The standard InChI is InChI=1S/C12H10BrFO3/c1-12(11(16)17-2)5-6-3-7(13)4-8(14)9(6)10(12)15/h3-4H,5H2,1-2H3. The summed E-state index contributed by atoms with van der Waals surface area (Å²) in [7, 11) is 1.22. The number of fused-ring (bicyclic) bond motifs is 1. The fourth-order valence-corrected chi connectivity index (χ4v) is 2.63. The number of ketones is 1. The topological polar surface area (TPSA) is 43.4 Å². The molecule has 0 spiro atoms. The van der Waals surface area contributed by atoms with E-state index in [1.165, 1.54) is 20.1 Å². The van der Waals surface area contributed by atoms with Gasteiger partial charge in [0, 0.05) is 4.47 Å². The fraction of sp³-hybridized carbons (Fsp3) is 0.333. The van der Waals surface area contributed by atoms with Crippen molar-refractivity contribution in [2.75, 3.05) is 7.11 Å². The molecule has 1 aliphatic carbocycles. The molecule has 3 nitrogen and oxygen atoms in total. The van der Waals surface area contributed by atoms with E-state index in [1.807, 2.05) is 0 Å². The Bertz CT molecular complexity index is 527. The Morgan fingerprint density at radius 2 is 2.18 bits per heavy atom. The van der Waals surface area contributed by atoms with Gasteiger partial charge in [0.05, 0.1) is 12.7 Å². The van der Waals surface area contributed by atoms with Gasteiger partial charge in [0.2, 0.25) is 0 Å². The molecule has 5 heteroatoms. The fourth-order valence-electron chi connectivity index (χ4n) is 2.15. The van der Waals surface area contributed by atoms with Crippen molar-refractivity contribution in [1.29, 1.82) is 0 Å². The number of benzene rings is 1. The highest BCUT2D eigenvalue weighted by Gasteiger charge is 2.49. The minimum atomic E-state index is -1.31. The van der Waals surface area contributed by atoms with Gasteiger partial charge in [-0.05, 0) is 31.0 Å². The first-order chi connectivity index (χ1) is 7.90. The molecule has 0 heterocycles. The number of hydrogen-bond donors (Lipinski definition) is 0. The minimum absolute atomic E-state index is 0.00102. The van der Waals surface area contributed by atoms with Crippen molar-refractivity contribution in [2.24, 2.45) is 5.41 Å². The number of esters is 1. The third-order valence-corrected chi connectivity index (χ3v) is 3.50. The Balaban J connectivity index is 2.56. The van der Waals surface area contributed by atoms with Crippen LogP contribution in [0.4, 0.5) is 4.39 Å². The van der Waals surface area contributed by atoms with Crippen molar-refractivity contribution in [3.05, 3.63) is 33.5 Å². The molecule has 1 unspecified atom stereocenters. The summed E-state index contributed by atoms with van der Waals surface area (Å²) < 4.78 is 18.9. The summed E-state index contributed by atoms with van der Waals surface area (Å²) in [6.45, 7) is 1.48. The highest BCUT2D eigenvalue weighted by atomic mass is 79.9. The van der Waals surface area contributed by atoms with Crippen molar-refractivity contribution < 1.29 is 18.7 Å². The van der Waals surface area contributed by atoms with Gasteiger partial charge >= 0.3 is 5.97 Å².